The van der Waals surface area contributed by atoms with Crippen LogP contribution in [0.15, 0.2) is 29.2 Å². The van der Waals surface area contributed by atoms with Crippen LogP contribution in [0.1, 0.15) is 12.0 Å². The maximum atomic E-state index is 12.6. The molecule has 0 radical (unpaired) electrons. The Bertz CT molecular complexity index is 628. The number of nitrogens with one attached hydrogen (secondary N) is 1. The summed E-state index contributed by atoms with van der Waals surface area (Å²) in [6.45, 7) is 0. The number of carbonyl (C=O) groups is 1. The van der Waals surface area contributed by atoms with Crippen molar-refractivity contribution in [2.24, 2.45) is 0 Å². The maximum Gasteiger partial charge on any atom is 0.416 e. The second-order valence-electron chi connectivity index (χ2n) is 4.16. The lowest BCUT2D eigenvalue weighted by molar-refractivity contribution is -0.137. The molecule has 1 saturated heterocycles. The number of halogens is 3. The van der Waals surface area contributed by atoms with Crippen LogP contribution in [0.25, 0.3) is 0 Å². The molecule has 0 spiro atoms. The number of benzene rings is 1. The maximum absolute atomic E-state index is 12.6. The van der Waals surface area contributed by atoms with Gasteiger partial charge in [0.25, 0.3) is 0 Å². The number of thioether (sulfide) groups is 1. The van der Waals surface area contributed by atoms with Gasteiger partial charge in [0, 0.05) is 5.75 Å². The lowest BCUT2D eigenvalue weighted by Gasteiger charge is -2.12. The summed E-state index contributed by atoms with van der Waals surface area (Å²) in [7, 11) is -4.14. The Kier molecular flexibility index (Phi) is 4.12. The first-order chi connectivity index (χ1) is 9.20. The largest absolute Gasteiger partial charge is 0.416 e. The van der Waals surface area contributed by atoms with Crippen molar-refractivity contribution in [2.45, 2.75) is 23.5 Å². The fourth-order valence-corrected chi connectivity index (χ4v) is 3.98. The summed E-state index contributed by atoms with van der Waals surface area (Å²) in [6, 6.07) is 2.54. The number of sulfonamides is 1. The molecule has 0 amide bonds. The molecule has 1 heterocycles. The van der Waals surface area contributed by atoms with Crippen molar-refractivity contribution in [3.05, 3.63) is 29.8 Å². The Morgan fingerprint density at radius 3 is 2.55 bits per heavy atom. The van der Waals surface area contributed by atoms with Crippen LogP contribution in [0, 0.1) is 0 Å². The smallest absolute Gasteiger partial charge is 0.285 e. The van der Waals surface area contributed by atoms with Crippen molar-refractivity contribution in [3.63, 3.8) is 0 Å². The monoisotopic (exact) mass is 325 g/mol. The van der Waals surface area contributed by atoms with Crippen LogP contribution >= 0.6 is 11.8 Å². The molecule has 1 aliphatic rings. The Morgan fingerprint density at radius 2 is 2.00 bits per heavy atom. The summed E-state index contributed by atoms with van der Waals surface area (Å²) in [6.07, 6.45) is -4.29. The molecule has 110 valence electrons. The first-order valence-electron chi connectivity index (χ1n) is 5.56. The van der Waals surface area contributed by atoms with E-state index in [0.717, 1.165) is 30.0 Å². The molecule has 1 atom stereocenters. The van der Waals surface area contributed by atoms with Crippen molar-refractivity contribution < 1.29 is 26.4 Å². The summed E-state index contributed by atoms with van der Waals surface area (Å²) in [5, 5.41) is -0.319. The van der Waals surface area contributed by atoms with E-state index in [9.17, 15) is 26.4 Å². The molecule has 2 rings (SSSR count). The quantitative estimate of drug-likeness (QED) is 0.923. The van der Waals surface area contributed by atoms with Crippen LogP contribution in [0.5, 0.6) is 0 Å². The molecule has 1 unspecified atom stereocenters. The van der Waals surface area contributed by atoms with E-state index in [1.807, 2.05) is 0 Å². The van der Waals surface area contributed by atoms with Gasteiger partial charge in [-0.25, -0.2) is 8.42 Å². The molecule has 20 heavy (non-hydrogen) atoms. The summed E-state index contributed by atoms with van der Waals surface area (Å²) in [5.41, 5.74) is -1.05. The van der Waals surface area contributed by atoms with E-state index in [1.54, 1.807) is 0 Å². The van der Waals surface area contributed by atoms with E-state index >= 15 is 0 Å². The predicted molar refractivity (Wildman–Crippen MR) is 67.6 cm³/mol. The van der Waals surface area contributed by atoms with Crippen LogP contribution in [0.2, 0.25) is 0 Å². The van der Waals surface area contributed by atoms with E-state index in [1.165, 1.54) is 0 Å². The van der Waals surface area contributed by atoms with Gasteiger partial charge in [-0.15, -0.1) is 0 Å². The standard InChI is InChI=1S/C11H10F3NO3S2/c12-11(13,14)7-2-1-3-8(6-7)20(17,18)15-9-4-5-19-10(9)16/h1-3,6,9,15H,4-5H2. The highest BCUT2D eigenvalue weighted by atomic mass is 32.2. The second-order valence-corrected chi connectivity index (χ2v) is 6.97. The molecular formula is C11H10F3NO3S2. The SMILES string of the molecule is O=C1SCCC1NS(=O)(=O)c1cccc(C(F)(F)F)c1. The molecule has 1 aliphatic heterocycles. The van der Waals surface area contributed by atoms with Crippen LogP contribution < -0.4 is 4.72 Å². The highest BCUT2D eigenvalue weighted by Crippen LogP contribution is 2.30. The zero-order valence-corrected chi connectivity index (χ0v) is 11.6. The van der Waals surface area contributed by atoms with Gasteiger partial charge in [-0.3, -0.25) is 4.79 Å². The molecular weight excluding hydrogens is 315 g/mol. The van der Waals surface area contributed by atoms with Gasteiger partial charge in [0.05, 0.1) is 16.5 Å². The molecule has 0 aromatic heterocycles. The van der Waals surface area contributed by atoms with Gasteiger partial charge in [-0.2, -0.15) is 17.9 Å². The molecule has 1 aromatic carbocycles. The number of hydrogen-bond acceptors (Lipinski definition) is 4. The minimum atomic E-state index is -4.62. The Labute approximate surface area is 117 Å². The van der Waals surface area contributed by atoms with Crippen molar-refractivity contribution in [1.29, 1.82) is 0 Å². The minimum absolute atomic E-state index is 0.319. The Balaban J connectivity index is 2.28. The summed E-state index contributed by atoms with van der Waals surface area (Å²) in [4.78, 5) is 10.9. The van der Waals surface area contributed by atoms with Gasteiger partial charge in [-0.1, -0.05) is 17.8 Å². The highest BCUT2D eigenvalue weighted by Gasteiger charge is 2.33. The van der Waals surface area contributed by atoms with E-state index in [2.05, 4.69) is 4.72 Å². The van der Waals surface area contributed by atoms with Crippen molar-refractivity contribution in [3.8, 4) is 0 Å². The number of hydrogen-bond donors (Lipinski definition) is 1. The van der Waals surface area contributed by atoms with E-state index in [-0.39, 0.29) is 5.12 Å². The van der Waals surface area contributed by atoms with Gasteiger partial charge < -0.3 is 0 Å². The van der Waals surface area contributed by atoms with Crippen LogP contribution in [0.4, 0.5) is 13.2 Å². The van der Waals surface area contributed by atoms with Gasteiger partial charge >= 0.3 is 6.18 Å². The molecule has 1 fully saturated rings. The first kappa shape index (κ1) is 15.3. The summed E-state index contributed by atoms with van der Waals surface area (Å²) >= 11 is 1.00. The Hall–Kier alpha value is -1.06. The molecule has 4 nitrogen and oxygen atoms in total. The second kappa shape index (κ2) is 5.38. The fourth-order valence-electron chi connectivity index (χ4n) is 1.70. The van der Waals surface area contributed by atoms with Gasteiger partial charge in [0.1, 0.15) is 0 Å². The van der Waals surface area contributed by atoms with Gasteiger partial charge in [0.2, 0.25) is 15.1 Å². The number of carbonyl (C=O) groups excluding carboxylic acids is 1. The summed E-state index contributed by atoms with van der Waals surface area (Å²) < 4.78 is 63.7. The average molecular weight is 325 g/mol. The third-order valence-corrected chi connectivity index (χ3v) is 5.18. The molecule has 1 N–H and O–H groups in total. The minimum Gasteiger partial charge on any atom is -0.285 e. The van der Waals surface area contributed by atoms with Crippen molar-refractivity contribution in [2.75, 3.05) is 5.75 Å². The van der Waals surface area contributed by atoms with Gasteiger partial charge in [0.15, 0.2) is 0 Å². The fraction of sp³-hybridized carbons (Fsp3) is 0.364. The van der Waals surface area contributed by atoms with Crippen molar-refractivity contribution in [1.82, 2.24) is 4.72 Å². The molecule has 9 heteroatoms. The third-order valence-electron chi connectivity index (χ3n) is 2.70. The third kappa shape index (κ3) is 3.33. The zero-order chi connectivity index (χ0) is 15.0. The predicted octanol–water partition coefficient (Wildman–Crippen LogP) is 2.02. The lowest BCUT2D eigenvalue weighted by atomic mass is 10.2. The molecule has 1 aromatic rings. The first-order valence-corrected chi connectivity index (χ1v) is 8.03. The molecule has 0 aliphatic carbocycles. The van der Waals surface area contributed by atoms with E-state index < -0.39 is 32.7 Å². The van der Waals surface area contributed by atoms with Crippen LogP contribution in [-0.2, 0) is 21.0 Å². The molecule has 0 saturated carbocycles. The normalized spacial score (nSPS) is 20.4. The lowest BCUT2D eigenvalue weighted by Crippen LogP contribution is -2.37. The topological polar surface area (TPSA) is 63.2 Å². The zero-order valence-electron chi connectivity index (χ0n) is 9.98. The van der Waals surface area contributed by atoms with Crippen LogP contribution in [-0.4, -0.2) is 25.3 Å². The number of alkyl halides is 3. The van der Waals surface area contributed by atoms with E-state index in [4.69, 9.17) is 0 Å². The highest BCUT2D eigenvalue weighted by molar-refractivity contribution is 8.14. The van der Waals surface area contributed by atoms with Crippen molar-refractivity contribution >= 4 is 26.9 Å². The summed E-state index contributed by atoms with van der Waals surface area (Å²) in [5.74, 6) is 0.495. The van der Waals surface area contributed by atoms with Crippen LogP contribution in [0.3, 0.4) is 0 Å². The van der Waals surface area contributed by atoms with E-state index in [0.29, 0.717) is 18.2 Å². The number of rotatable bonds is 3. The molecule has 0 bridgehead atoms. The average Bonchev–Trinajstić information content (AvgIpc) is 2.73. The van der Waals surface area contributed by atoms with Gasteiger partial charge in [-0.05, 0) is 24.6 Å². The Morgan fingerprint density at radius 1 is 1.30 bits per heavy atom.